The fourth-order valence-corrected chi connectivity index (χ4v) is 2.11. The van der Waals surface area contributed by atoms with Crippen molar-refractivity contribution in [2.75, 3.05) is 20.7 Å². The number of benzene rings is 1. The lowest BCUT2D eigenvalue weighted by atomic mass is 10.00. The minimum atomic E-state index is 0.0660. The number of likely N-dealkylation sites (N-methyl/N-ethyl adjacent to an activating group) is 1. The maximum atomic E-state index is 5.51. The smallest absolute Gasteiger partial charge is 0.123 e. The van der Waals surface area contributed by atoms with Gasteiger partial charge in [0.25, 0.3) is 0 Å². The van der Waals surface area contributed by atoms with E-state index in [9.17, 15) is 0 Å². The zero-order chi connectivity index (χ0) is 14.5. The highest BCUT2D eigenvalue weighted by atomic mass is 16.5. The normalized spacial score (nSPS) is 11.9. The van der Waals surface area contributed by atoms with E-state index in [4.69, 9.17) is 4.74 Å². The first-order valence-corrected chi connectivity index (χ1v) is 6.96. The molecule has 0 aliphatic carbocycles. The van der Waals surface area contributed by atoms with Gasteiger partial charge in [0.15, 0.2) is 0 Å². The van der Waals surface area contributed by atoms with Crippen molar-refractivity contribution in [2.24, 2.45) is 0 Å². The molecule has 0 amide bonds. The summed E-state index contributed by atoms with van der Waals surface area (Å²) in [5.41, 5.74) is 2.59. The van der Waals surface area contributed by atoms with Gasteiger partial charge in [0.2, 0.25) is 0 Å². The third-order valence-corrected chi connectivity index (χ3v) is 3.35. The molecule has 1 aromatic rings. The van der Waals surface area contributed by atoms with Gasteiger partial charge in [0.05, 0.1) is 7.11 Å². The fourth-order valence-electron chi connectivity index (χ4n) is 2.11. The van der Waals surface area contributed by atoms with Crippen LogP contribution in [0.1, 0.15) is 44.7 Å². The van der Waals surface area contributed by atoms with Crippen LogP contribution < -0.4 is 15.4 Å². The van der Waals surface area contributed by atoms with Crippen LogP contribution in [0.15, 0.2) is 18.2 Å². The predicted octanol–water partition coefficient (Wildman–Crippen LogP) is 2.91. The van der Waals surface area contributed by atoms with Crippen molar-refractivity contribution in [3.63, 3.8) is 0 Å². The molecular formula is C16H28N2O. The minimum absolute atomic E-state index is 0.0660. The predicted molar refractivity (Wildman–Crippen MR) is 81.9 cm³/mol. The molecule has 1 aromatic carbocycles. The second-order valence-electron chi connectivity index (χ2n) is 5.99. The van der Waals surface area contributed by atoms with Crippen molar-refractivity contribution in [3.8, 4) is 5.75 Å². The van der Waals surface area contributed by atoms with Crippen molar-refractivity contribution in [2.45, 2.75) is 45.7 Å². The first-order valence-electron chi connectivity index (χ1n) is 6.96. The quantitative estimate of drug-likeness (QED) is 0.794. The van der Waals surface area contributed by atoms with Crippen LogP contribution in [0.25, 0.3) is 0 Å². The van der Waals surface area contributed by atoms with Gasteiger partial charge in [-0.05, 0) is 38.4 Å². The first-order chi connectivity index (χ1) is 8.89. The summed E-state index contributed by atoms with van der Waals surface area (Å²) in [7, 11) is 3.71. The number of hydrogen-bond donors (Lipinski definition) is 2. The minimum Gasteiger partial charge on any atom is -0.496 e. The lowest BCUT2D eigenvalue weighted by molar-refractivity contribution is 0.364. The summed E-state index contributed by atoms with van der Waals surface area (Å²) in [4.78, 5) is 0. The van der Waals surface area contributed by atoms with E-state index < -0.39 is 0 Å². The SMILES string of the molecule is CNCC(C)(C)NCc1ccc(C(C)C)cc1OC. The number of nitrogens with one attached hydrogen (secondary N) is 2. The zero-order valence-corrected chi connectivity index (χ0v) is 13.1. The Labute approximate surface area is 117 Å². The number of hydrogen-bond acceptors (Lipinski definition) is 3. The molecule has 2 N–H and O–H groups in total. The van der Waals surface area contributed by atoms with E-state index in [2.05, 4.69) is 56.5 Å². The Bertz CT molecular complexity index is 400. The molecule has 0 aromatic heterocycles. The van der Waals surface area contributed by atoms with Crippen LogP contribution in [0.5, 0.6) is 5.75 Å². The summed E-state index contributed by atoms with van der Waals surface area (Å²) in [5, 5.41) is 6.76. The second-order valence-corrected chi connectivity index (χ2v) is 5.99. The third-order valence-electron chi connectivity index (χ3n) is 3.35. The molecule has 0 atom stereocenters. The maximum absolute atomic E-state index is 5.51. The topological polar surface area (TPSA) is 33.3 Å². The van der Waals surface area contributed by atoms with E-state index in [0.29, 0.717) is 5.92 Å². The van der Waals surface area contributed by atoms with Crippen molar-refractivity contribution >= 4 is 0 Å². The highest BCUT2D eigenvalue weighted by molar-refractivity contribution is 5.38. The Kier molecular flexibility index (Phi) is 5.83. The van der Waals surface area contributed by atoms with Gasteiger partial charge in [0, 0.05) is 24.2 Å². The average Bonchev–Trinajstić information content (AvgIpc) is 2.36. The highest BCUT2D eigenvalue weighted by Crippen LogP contribution is 2.25. The Balaban J connectivity index is 2.78. The molecule has 0 aliphatic rings. The molecule has 108 valence electrons. The Hall–Kier alpha value is -1.06. The van der Waals surface area contributed by atoms with Crippen molar-refractivity contribution in [1.82, 2.24) is 10.6 Å². The highest BCUT2D eigenvalue weighted by Gasteiger charge is 2.16. The van der Waals surface area contributed by atoms with Gasteiger partial charge >= 0.3 is 0 Å². The molecule has 0 bridgehead atoms. The fraction of sp³-hybridized carbons (Fsp3) is 0.625. The van der Waals surface area contributed by atoms with Gasteiger partial charge in [0.1, 0.15) is 5.75 Å². The summed E-state index contributed by atoms with van der Waals surface area (Å²) < 4.78 is 5.51. The number of rotatable bonds is 7. The van der Waals surface area contributed by atoms with Gasteiger partial charge in [-0.2, -0.15) is 0 Å². The molecule has 19 heavy (non-hydrogen) atoms. The van der Waals surface area contributed by atoms with E-state index in [1.807, 2.05) is 7.05 Å². The van der Waals surface area contributed by atoms with Crippen LogP contribution in [-0.2, 0) is 6.54 Å². The summed E-state index contributed by atoms with van der Waals surface area (Å²) in [6.07, 6.45) is 0. The molecule has 3 heteroatoms. The van der Waals surface area contributed by atoms with Gasteiger partial charge in [-0.15, -0.1) is 0 Å². The van der Waals surface area contributed by atoms with Gasteiger partial charge < -0.3 is 15.4 Å². The van der Waals surface area contributed by atoms with Crippen molar-refractivity contribution < 1.29 is 4.74 Å². The summed E-state index contributed by atoms with van der Waals surface area (Å²) in [5.74, 6) is 1.50. The molecule has 0 saturated carbocycles. The van der Waals surface area contributed by atoms with Crippen LogP contribution in [0.4, 0.5) is 0 Å². The largest absolute Gasteiger partial charge is 0.496 e. The summed E-state index contributed by atoms with van der Waals surface area (Å²) >= 11 is 0. The van der Waals surface area contributed by atoms with Crippen LogP contribution >= 0.6 is 0 Å². The summed E-state index contributed by atoms with van der Waals surface area (Å²) in [6, 6.07) is 6.50. The molecule has 0 saturated heterocycles. The van der Waals surface area contributed by atoms with Gasteiger partial charge in [-0.3, -0.25) is 0 Å². The zero-order valence-electron chi connectivity index (χ0n) is 13.1. The molecular weight excluding hydrogens is 236 g/mol. The van der Waals surface area contributed by atoms with Crippen LogP contribution in [0.2, 0.25) is 0 Å². The van der Waals surface area contributed by atoms with Crippen LogP contribution in [0.3, 0.4) is 0 Å². The lowest BCUT2D eigenvalue weighted by Crippen LogP contribution is -2.46. The van der Waals surface area contributed by atoms with E-state index in [0.717, 1.165) is 18.8 Å². The summed E-state index contributed by atoms with van der Waals surface area (Å²) in [6.45, 7) is 10.5. The van der Waals surface area contributed by atoms with Gasteiger partial charge in [-0.1, -0.05) is 26.0 Å². The van der Waals surface area contributed by atoms with Crippen molar-refractivity contribution in [1.29, 1.82) is 0 Å². The molecule has 0 heterocycles. The molecule has 3 nitrogen and oxygen atoms in total. The molecule has 0 aliphatic heterocycles. The Morgan fingerprint density at radius 3 is 2.47 bits per heavy atom. The van der Waals surface area contributed by atoms with Crippen LogP contribution in [0, 0.1) is 0 Å². The molecule has 0 spiro atoms. The van der Waals surface area contributed by atoms with Crippen LogP contribution in [-0.4, -0.2) is 26.2 Å². The maximum Gasteiger partial charge on any atom is 0.123 e. The van der Waals surface area contributed by atoms with Gasteiger partial charge in [-0.25, -0.2) is 0 Å². The second kappa shape index (κ2) is 6.92. The Morgan fingerprint density at radius 1 is 1.26 bits per heavy atom. The number of methoxy groups -OCH3 is 1. The molecule has 0 fully saturated rings. The number of ether oxygens (including phenoxy) is 1. The van der Waals surface area contributed by atoms with E-state index in [-0.39, 0.29) is 5.54 Å². The van der Waals surface area contributed by atoms with Crippen molar-refractivity contribution in [3.05, 3.63) is 29.3 Å². The Morgan fingerprint density at radius 2 is 1.95 bits per heavy atom. The monoisotopic (exact) mass is 264 g/mol. The van der Waals surface area contributed by atoms with E-state index in [1.54, 1.807) is 7.11 Å². The average molecular weight is 264 g/mol. The molecule has 0 radical (unpaired) electrons. The third kappa shape index (κ3) is 4.84. The first kappa shape index (κ1) is 16.0. The standard InChI is InChI=1S/C16H28N2O/c1-12(2)13-7-8-14(15(9-13)19-6)10-18-16(3,4)11-17-5/h7-9,12,17-18H,10-11H2,1-6H3. The van der Waals surface area contributed by atoms with E-state index in [1.165, 1.54) is 11.1 Å². The molecule has 0 unspecified atom stereocenters. The lowest BCUT2D eigenvalue weighted by Gasteiger charge is -2.26. The molecule has 1 rings (SSSR count). The van der Waals surface area contributed by atoms with E-state index >= 15 is 0 Å².